The van der Waals surface area contributed by atoms with Crippen LogP contribution in [0.25, 0.3) is 0 Å². The number of piperazine rings is 2. The van der Waals surface area contributed by atoms with E-state index < -0.39 is 5.60 Å². The molecule has 0 aromatic heterocycles. The normalized spacial score (nSPS) is 27.7. The largest absolute Gasteiger partial charge is 0.444 e. The van der Waals surface area contributed by atoms with E-state index in [9.17, 15) is 9.59 Å². The molecule has 2 heterocycles. The fraction of sp³-hybridized carbons (Fsp3) is 0.900. The average Bonchev–Trinajstić information content (AvgIpc) is 2.52. The Morgan fingerprint density at radius 2 is 1.88 bits per heavy atom. The molecule has 6 heteroatoms. The Bertz CT molecular complexity index is 515. The van der Waals surface area contributed by atoms with Crippen LogP contribution in [0, 0.1) is 5.92 Å². The molecule has 2 saturated heterocycles. The van der Waals surface area contributed by atoms with Gasteiger partial charge < -0.3 is 14.5 Å². The summed E-state index contributed by atoms with van der Waals surface area (Å²) in [5.74, 6) is 0.806. The Morgan fingerprint density at radius 1 is 1.23 bits per heavy atom. The first kappa shape index (κ1) is 21.0. The van der Waals surface area contributed by atoms with Crippen LogP contribution in [0.3, 0.4) is 0 Å². The van der Waals surface area contributed by atoms with Gasteiger partial charge in [0.15, 0.2) is 0 Å². The Balaban J connectivity index is 2.17. The molecule has 2 amide bonds. The Labute approximate surface area is 158 Å². The summed E-state index contributed by atoms with van der Waals surface area (Å²) in [6, 6.07) is 0.222. The first-order chi connectivity index (χ1) is 12.0. The van der Waals surface area contributed by atoms with Crippen LogP contribution in [-0.2, 0) is 9.53 Å². The maximum absolute atomic E-state index is 12.8. The molecule has 2 aliphatic heterocycles. The van der Waals surface area contributed by atoms with Gasteiger partial charge in [-0.3, -0.25) is 9.69 Å². The van der Waals surface area contributed by atoms with Crippen molar-refractivity contribution in [3.63, 3.8) is 0 Å². The van der Waals surface area contributed by atoms with E-state index in [4.69, 9.17) is 4.74 Å². The number of hydrogen-bond acceptors (Lipinski definition) is 4. The monoisotopic (exact) mass is 367 g/mol. The quantitative estimate of drug-likeness (QED) is 0.767. The average molecular weight is 368 g/mol. The lowest BCUT2D eigenvalue weighted by atomic mass is 9.93. The summed E-state index contributed by atoms with van der Waals surface area (Å²) >= 11 is 0. The third-order valence-electron chi connectivity index (χ3n) is 5.40. The Hall–Kier alpha value is -1.30. The van der Waals surface area contributed by atoms with Gasteiger partial charge in [0, 0.05) is 38.8 Å². The molecule has 0 N–H and O–H groups in total. The predicted octanol–water partition coefficient (Wildman–Crippen LogP) is 2.96. The van der Waals surface area contributed by atoms with Crippen LogP contribution in [0.4, 0.5) is 4.79 Å². The van der Waals surface area contributed by atoms with E-state index >= 15 is 0 Å². The number of carbonyl (C=O) groups excluding carboxylic acids is 2. The highest BCUT2D eigenvalue weighted by Gasteiger charge is 2.45. The van der Waals surface area contributed by atoms with Crippen LogP contribution in [-0.4, -0.2) is 77.1 Å². The second kappa shape index (κ2) is 8.15. The van der Waals surface area contributed by atoms with E-state index in [1.54, 1.807) is 0 Å². The zero-order chi connectivity index (χ0) is 19.6. The molecule has 150 valence electrons. The summed E-state index contributed by atoms with van der Waals surface area (Å²) in [5, 5.41) is 0. The van der Waals surface area contributed by atoms with Crippen LogP contribution >= 0.6 is 0 Å². The van der Waals surface area contributed by atoms with Crippen LogP contribution in [0.15, 0.2) is 0 Å². The minimum atomic E-state index is -0.494. The van der Waals surface area contributed by atoms with Crippen molar-refractivity contribution in [1.82, 2.24) is 14.7 Å². The number of likely N-dealkylation sites (N-methyl/N-ethyl adjacent to an activating group) is 1. The molecule has 0 aromatic carbocycles. The zero-order valence-corrected chi connectivity index (χ0v) is 17.6. The Kier molecular flexibility index (Phi) is 6.59. The van der Waals surface area contributed by atoms with Gasteiger partial charge >= 0.3 is 6.09 Å². The second-order valence-electron chi connectivity index (χ2n) is 9.25. The third-order valence-corrected chi connectivity index (χ3v) is 5.40. The van der Waals surface area contributed by atoms with Gasteiger partial charge in [0.25, 0.3) is 0 Å². The molecule has 2 rings (SSSR count). The third kappa shape index (κ3) is 4.90. The second-order valence-corrected chi connectivity index (χ2v) is 9.25. The van der Waals surface area contributed by atoms with Gasteiger partial charge in [-0.15, -0.1) is 0 Å². The SMILES string of the molecule is CC[C@@H]1CN2[C@H](CN(C)C(=O)[C@H]2CCC(C)C)CN1C(=O)OC(C)(C)C. The first-order valence-electron chi connectivity index (χ1n) is 10.0. The van der Waals surface area contributed by atoms with Crippen LogP contribution in [0.1, 0.15) is 60.8 Å². The molecule has 6 nitrogen and oxygen atoms in total. The number of carbonyl (C=O) groups is 2. The molecule has 0 radical (unpaired) electrons. The molecule has 0 spiro atoms. The maximum Gasteiger partial charge on any atom is 0.410 e. The lowest BCUT2D eigenvalue weighted by Gasteiger charge is -2.52. The smallest absolute Gasteiger partial charge is 0.410 e. The fourth-order valence-electron chi connectivity index (χ4n) is 3.99. The van der Waals surface area contributed by atoms with Crippen LogP contribution < -0.4 is 0 Å². The molecule has 26 heavy (non-hydrogen) atoms. The Morgan fingerprint density at radius 3 is 2.42 bits per heavy atom. The summed E-state index contributed by atoms with van der Waals surface area (Å²) in [6.45, 7) is 14.3. The predicted molar refractivity (Wildman–Crippen MR) is 103 cm³/mol. The maximum atomic E-state index is 12.8. The topological polar surface area (TPSA) is 53.1 Å². The van der Waals surface area contributed by atoms with E-state index in [0.29, 0.717) is 19.0 Å². The van der Waals surface area contributed by atoms with Crippen molar-refractivity contribution in [2.75, 3.05) is 26.7 Å². The molecule has 2 fully saturated rings. The minimum absolute atomic E-state index is 0.0593. The highest BCUT2D eigenvalue weighted by Crippen LogP contribution is 2.29. The van der Waals surface area contributed by atoms with E-state index in [0.717, 1.165) is 25.8 Å². The summed E-state index contributed by atoms with van der Waals surface area (Å²) < 4.78 is 5.63. The van der Waals surface area contributed by atoms with E-state index in [1.807, 2.05) is 37.6 Å². The summed E-state index contributed by atoms with van der Waals surface area (Å²) in [5.41, 5.74) is -0.494. The highest BCUT2D eigenvalue weighted by atomic mass is 16.6. The lowest BCUT2D eigenvalue weighted by Crippen LogP contribution is -2.70. The molecular formula is C20H37N3O3. The van der Waals surface area contributed by atoms with Crippen molar-refractivity contribution in [3.8, 4) is 0 Å². The van der Waals surface area contributed by atoms with Gasteiger partial charge in [-0.25, -0.2) is 4.79 Å². The molecule has 0 aliphatic carbocycles. The van der Waals surface area contributed by atoms with Crippen molar-refractivity contribution in [3.05, 3.63) is 0 Å². The molecule has 2 aliphatic rings. The minimum Gasteiger partial charge on any atom is -0.444 e. The summed E-state index contributed by atoms with van der Waals surface area (Å²) in [7, 11) is 1.88. The van der Waals surface area contributed by atoms with Crippen molar-refractivity contribution in [1.29, 1.82) is 0 Å². The number of ether oxygens (including phenoxy) is 1. The van der Waals surface area contributed by atoms with Crippen LogP contribution in [0.5, 0.6) is 0 Å². The molecule has 0 saturated carbocycles. The molecule has 3 atom stereocenters. The van der Waals surface area contributed by atoms with Gasteiger partial charge in [-0.05, 0) is 46.0 Å². The van der Waals surface area contributed by atoms with Gasteiger partial charge in [0.05, 0.1) is 6.04 Å². The number of fused-ring (bicyclic) bond motifs is 1. The number of hydrogen-bond donors (Lipinski definition) is 0. The summed E-state index contributed by atoms with van der Waals surface area (Å²) in [4.78, 5) is 31.6. The van der Waals surface area contributed by atoms with E-state index in [-0.39, 0.29) is 30.1 Å². The van der Waals surface area contributed by atoms with Crippen LogP contribution in [0.2, 0.25) is 0 Å². The first-order valence-corrected chi connectivity index (χ1v) is 10.0. The number of nitrogens with zero attached hydrogens (tertiary/aromatic N) is 3. The van der Waals surface area contributed by atoms with Crippen molar-refractivity contribution >= 4 is 12.0 Å². The lowest BCUT2D eigenvalue weighted by molar-refractivity contribution is -0.148. The van der Waals surface area contributed by atoms with E-state index in [2.05, 4.69) is 25.7 Å². The van der Waals surface area contributed by atoms with Gasteiger partial charge in [-0.2, -0.15) is 0 Å². The van der Waals surface area contributed by atoms with E-state index in [1.165, 1.54) is 0 Å². The highest BCUT2D eigenvalue weighted by molar-refractivity contribution is 5.82. The number of rotatable bonds is 4. The summed E-state index contributed by atoms with van der Waals surface area (Å²) in [6.07, 6.45) is 2.56. The molecule has 0 unspecified atom stereocenters. The standard InChI is InChI=1S/C20H37N3O3/c1-8-15-12-22-16(13-23(15)19(25)26-20(4,5)6)11-21(7)18(24)17(22)10-9-14(2)3/h14-17H,8-13H2,1-7H3/t15-,16-,17-/m1/s1. The van der Waals surface area contributed by atoms with Crippen molar-refractivity contribution in [2.24, 2.45) is 5.92 Å². The van der Waals surface area contributed by atoms with Gasteiger partial charge in [-0.1, -0.05) is 20.8 Å². The zero-order valence-electron chi connectivity index (χ0n) is 17.6. The molecule has 0 aromatic rings. The van der Waals surface area contributed by atoms with Crippen molar-refractivity contribution < 1.29 is 14.3 Å². The van der Waals surface area contributed by atoms with Gasteiger partial charge in [0.2, 0.25) is 5.91 Å². The van der Waals surface area contributed by atoms with Crippen molar-refractivity contribution in [2.45, 2.75) is 84.5 Å². The number of amides is 2. The molecular weight excluding hydrogens is 330 g/mol. The fourth-order valence-corrected chi connectivity index (χ4v) is 3.99. The molecule has 0 bridgehead atoms. The van der Waals surface area contributed by atoms with Gasteiger partial charge in [0.1, 0.15) is 5.60 Å².